The van der Waals surface area contributed by atoms with Crippen molar-refractivity contribution >= 4 is 5.78 Å². The zero-order chi connectivity index (χ0) is 8.69. The van der Waals surface area contributed by atoms with Crippen LogP contribution in [0.1, 0.15) is 52.9 Å². The Morgan fingerprint density at radius 3 is 2.45 bits per heavy atom. The van der Waals surface area contributed by atoms with Crippen molar-refractivity contribution in [3.63, 3.8) is 0 Å². The molecular weight excluding hydrogens is 136 g/mol. The van der Waals surface area contributed by atoms with Crippen molar-refractivity contribution in [2.24, 2.45) is 5.92 Å². The van der Waals surface area contributed by atoms with Crippen molar-refractivity contribution in [2.45, 2.75) is 52.9 Å². The second-order valence-corrected chi connectivity index (χ2v) is 3.49. The van der Waals surface area contributed by atoms with Gasteiger partial charge in [-0.2, -0.15) is 0 Å². The molecule has 0 amide bonds. The minimum Gasteiger partial charge on any atom is -0.300 e. The average Bonchev–Trinajstić information content (AvgIpc) is 1.87. The molecule has 0 aliphatic heterocycles. The van der Waals surface area contributed by atoms with E-state index in [-0.39, 0.29) is 0 Å². The van der Waals surface area contributed by atoms with Crippen LogP contribution in [0, 0.1) is 5.92 Å². The van der Waals surface area contributed by atoms with E-state index in [9.17, 15) is 4.79 Å². The third kappa shape index (κ3) is 7.57. The van der Waals surface area contributed by atoms with E-state index in [0.29, 0.717) is 5.78 Å². The zero-order valence-corrected chi connectivity index (χ0v) is 8.02. The summed E-state index contributed by atoms with van der Waals surface area (Å²) in [5.41, 5.74) is 0. The van der Waals surface area contributed by atoms with Crippen LogP contribution in [-0.4, -0.2) is 5.78 Å². The van der Waals surface area contributed by atoms with E-state index in [1.165, 1.54) is 19.3 Å². The average molecular weight is 156 g/mol. The quantitative estimate of drug-likeness (QED) is 0.577. The highest BCUT2D eigenvalue weighted by Crippen LogP contribution is 2.13. The Hall–Kier alpha value is -0.330. The molecule has 0 N–H and O–H groups in total. The predicted molar refractivity (Wildman–Crippen MR) is 48.6 cm³/mol. The van der Waals surface area contributed by atoms with Gasteiger partial charge in [0.2, 0.25) is 0 Å². The number of hydrogen-bond acceptors (Lipinski definition) is 1. The summed E-state index contributed by atoms with van der Waals surface area (Å²) in [6.45, 7) is 6.15. The molecule has 0 saturated heterocycles. The zero-order valence-electron chi connectivity index (χ0n) is 8.02. The first-order valence-electron chi connectivity index (χ1n) is 4.66. The maximum Gasteiger partial charge on any atom is 0.129 e. The van der Waals surface area contributed by atoms with Crippen molar-refractivity contribution in [1.82, 2.24) is 0 Å². The SMILES string of the molecule is CCC[C@H](C)CCCC(C)=O. The molecule has 0 spiro atoms. The van der Waals surface area contributed by atoms with E-state index in [1.807, 2.05) is 0 Å². The van der Waals surface area contributed by atoms with Crippen LogP contribution in [-0.2, 0) is 4.79 Å². The van der Waals surface area contributed by atoms with E-state index in [1.54, 1.807) is 6.92 Å². The second kappa shape index (κ2) is 6.38. The highest BCUT2D eigenvalue weighted by molar-refractivity contribution is 5.75. The molecule has 0 saturated carbocycles. The monoisotopic (exact) mass is 156 g/mol. The van der Waals surface area contributed by atoms with Crippen LogP contribution in [0.15, 0.2) is 0 Å². The molecule has 66 valence electrons. The molecule has 0 aliphatic carbocycles. The fourth-order valence-electron chi connectivity index (χ4n) is 1.34. The van der Waals surface area contributed by atoms with Gasteiger partial charge in [0.25, 0.3) is 0 Å². The summed E-state index contributed by atoms with van der Waals surface area (Å²) < 4.78 is 0. The van der Waals surface area contributed by atoms with Gasteiger partial charge in [-0.05, 0) is 19.3 Å². The number of rotatable bonds is 6. The number of carbonyl (C=O) groups excluding carboxylic acids is 1. The Balaban J connectivity index is 3.16. The summed E-state index contributed by atoms with van der Waals surface area (Å²) >= 11 is 0. The number of carbonyl (C=O) groups is 1. The Morgan fingerprint density at radius 1 is 1.36 bits per heavy atom. The molecule has 1 nitrogen and oxygen atoms in total. The van der Waals surface area contributed by atoms with Gasteiger partial charge in [-0.3, -0.25) is 0 Å². The Labute approximate surface area is 70.2 Å². The number of Topliss-reactive ketones (excluding diaryl/α,β-unsaturated/α-hetero) is 1. The summed E-state index contributed by atoms with van der Waals surface area (Å²) in [6, 6.07) is 0. The van der Waals surface area contributed by atoms with Crippen molar-refractivity contribution in [3.8, 4) is 0 Å². The third-order valence-electron chi connectivity index (χ3n) is 2.01. The smallest absolute Gasteiger partial charge is 0.129 e. The molecule has 1 heteroatoms. The van der Waals surface area contributed by atoms with Crippen LogP contribution in [0.2, 0.25) is 0 Å². The van der Waals surface area contributed by atoms with Crippen LogP contribution in [0.4, 0.5) is 0 Å². The summed E-state index contributed by atoms with van der Waals surface area (Å²) in [5, 5.41) is 0. The van der Waals surface area contributed by atoms with Gasteiger partial charge < -0.3 is 4.79 Å². The topological polar surface area (TPSA) is 17.1 Å². The summed E-state index contributed by atoms with van der Waals surface area (Å²) in [4.78, 5) is 10.6. The molecule has 0 bridgehead atoms. The van der Waals surface area contributed by atoms with Gasteiger partial charge in [-0.25, -0.2) is 0 Å². The van der Waals surface area contributed by atoms with Crippen molar-refractivity contribution < 1.29 is 4.79 Å². The normalized spacial score (nSPS) is 13.0. The fraction of sp³-hybridized carbons (Fsp3) is 0.900. The van der Waals surface area contributed by atoms with Crippen LogP contribution < -0.4 is 0 Å². The van der Waals surface area contributed by atoms with E-state index in [0.717, 1.165) is 18.8 Å². The van der Waals surface area contributed by atoms with E-state index < -0.39 is 0 Å². The maximum atomic E-state index is 10.6. The lowest BCUT2D eigenvalue weighted by atomic mass is 9.99. The lowest BCUT2D eigenvalue weighted by molar-refractivity contribution is -0.117. The van der Waals surface area contributed by atoms with Gasteiger partial charge >= 0.3 is 0 Å². The van der Waals surface area contributed by atoms with Crippen LogP contribution >= 0.6 is 0 Å². The Morgan fingerprint density at radius 2 is 2.00 bits per heavy atom. The Bertz CT molecular complexity index is 107. The summed E-state index contributed by atoms with van der Waals surface area (Å²) in [7, 11) is 0. The van der Waals surface area contributed by atoms with Crippen LogP contribution in [0.5, 0.6) is 0 Å². The predicted octanol–water partition coefficient (Wildman–Crippen LogP) is 3.18. The Kier molecular flexibility index (Phi) is 6.19. The molecule has 11 heavy (non-hydrogen) atoms. The van der Waals surface area contributed by atoms with Crippen LogP contribution in [0.3, 0.4) is 0 Å². The van der Waals surface area contributed by atoms with Crippen LogP contribution in [0.25, 0.3) is 0 Å². The summed E-state index contributed by atoms with van der Waals surface area (Å²) in [5.74, 6) is 1.13. The minimum absolute atomic E-state index is 0.327. The van der Waals surface area contributed by atoms with Gasteiger partial charge in [-0.1, -0.05) is 33.1 Å². The maximum absolute atomic E-state index is 10.6. The first-order chi connectivity index (χ1) is 5.16. The lowest BCUT2D eigenvalue weighted by Gasteiger charge is -2.07. The van der Waals surface area contributed by atoms with Crippen molar-refractivity contribution in [1.29, 1.82) is 0 Å². The standard InChI is InChI=1S/C10H20O/c1-4-6-9(2)7-5-8-10(3)11/h9H,4-8H2,1-3H3/t9-/m0/s1. The number of hydrogen-bond donors (Lipinski definition) is 0. The lowest BCUT2D eigenvalue weighted by Crippen LogP contribution is -1.96. The van der Waals surface area contributed by atoms with Gasteiger partial charge in [0.1, 0.15) is 5.78 Å². The van der Waals surface area contributed by atoms with E-state index in [4.69, 9.17) is 0 Å². The van der Waals surface area contributed by atoms with E-state index in [2.05, 4.69) is 13.8 Å². The molecule has 1 atom stereocenters. The first-order valence-corrected chi connectivity index (χ1v) is 4.66. The molecule has 0 aromatic heterocycles. The molecule has 0 aliphatic rings. The van der Waals surface area contributed by atoms with Gasteiger partial charge in [-0.15, -0.1) is 0 Å². The molecular formula is C10H20O. The van der Waals surface area contributed by atoms with E-state index >= 15 is 0 Å². The fourth-order valence-corrected chi connectivity index (χ4v) is 1.34. The number of ketones is 1. The second-order valence-electron chi connectivity index (χ2n) is 3.49. The highest BCUT2D eigenvalue weighted by atomic mass is 16.1. The molecule has 0 aromatic rings. The molecule has 0 radical (unpaired) electrons. The highest BCUT2D eigenvalue weighted by Gasteiger charge is 2.00. The van der Waals surface area contributed by atoms with Gasteiger partial charge in [0.15, 0.2) is 0 Å². The van der Waals surface area contributed by atoms with Crippen molar-refractivity contribution in [3.05, 3.63) is 0 Å². The minimum atomic E-state index is 0.327. The molecule has 0 unspecified atom stereocenters. The molecule has 0 fully saturated rings. The van der Waals surface area contributed by atoms with Gasteiger partial charge in [0.05, 0.1) is 0 Å². The summed E-state index contributed by atoms with van der Waals surface area (Å²) in [6.07, 6.45) is 5.64. The molecule has 0 heterocycles. The van der Waals surface area contributed by atoms with Gasteiger partial charge in [0, 0.05) is 6.42 Å². The largest absolute Gasteiger partial charge is 0.300 e. The van der Waals surface area contributed by atoms with Crippen molar-refractivity contribution in [2.75, 3.05) is 0 Å². The third-order valence-corrected chi connectivity index (χ3v) is 2.01. The molecule has 0 aromatic carbocycles. The molecule has 0 rings (SSSR count). The first kappa shape index (κ1) is 10.7.